The Hall–Kier alpha value is -2.87. The Bertz CT molecular complexity index is 1120. The van der Waals surface area contributed by atoms with Crippen LogP contribution in [-0.4, -0.2) is 32.3 Å². The molecule has 162 valence electrons. The van der Waals surface area contributed by atoms with Crippen molar-refractivity contribution >= 4 is 27.5 Å². The lowest BCUT2D eigenvalue weighted by molar-refractivity contribution is -0.121. The van der Waals surface area contributed by atoms with Crippen LogP contribution in [0.3, 0.4) is 0 Å². The highest BCUT2D eigenvalue weighted by molar-refractivity contribution is 7.89. The van der Waals surface area contributed by atoms with Gasteiger partial charge in [-0.15, -0.1) is 0 Å². The third-order valence-corrected chi connectivity index (χ3v) is 6.65. The van der Waals surface area contributed by atoms with Gasteiger partial charge < -0.3 is 10.1 Å². The molecule has 8 heteroatoms. The van der Waals surface area contributed by atoms with Gasteiger partial charge in [-0.25, -0.2) is 8.42 Å². The van der Waals surface area contributed by atoms with Crippen molar-refractivity contribution in [3.63, 3.8) is 0 Å². The molecule has 6 nitrogen and oxygen atoms in total. The number of nitrogens with zero attached hydrogens (tertiary/aromatic N) is 1. The van der Waals surface area contributed by atoms with Crippen LogP contribution in [0.5, 0.6) is 5.75 Å². The lowest BCUT2D eigenvalue weighted by atomic mass is 10.2. The molecule has 3 rings (SSSR count). The van der Waals surface area contributed by atoms with E-state index in [1.165, 1.54) is 24.3 Å². The van der Waals surface area contributed by atoms with E-state index in [1.807, 2.05) is 54.6 Å². The highest BCUT2D eigenvalue weighted by Gasteiger charge is 2.27. The van der Waals surface area contributed by atoms with Gasteiger partial charge in [0, 0.05) is 18.1 Å². The summed E-state index contributed by atoms with van der Waals surface area (Å²) in [6.07, 6.45) is 0. The molecule has 0 heterocycles. The summed E-state index contributed by atoms with van der Waals surface area (Å²) in [5.74, 6) is 0.277. The molecule has 3 aromatic rings. The van der Waals surface area contributed by atoms with Gasteiger partial charge in [0.05, 0.1) is 18.6 Å². The van der Waals surface area contributed by atoms with Gasteiger partial charge in [0.2, 0.25) is 15.9 Å². The van der Waals surface area contributed by atoms with Crippen molar-refractivity contribution in [2.45, 2.75) is 18.0 Å². The molecule has 0 fully saturated rings. The van der Waals surface area contributed by atoms with Gasteiger partial charge in [-0.3, -0.25) is 4.79 Å². The highest BCUT2D eigenvalue weighted by Crippen LogP contribution is 2.20. The quantitative estimate of drug-likeness (QED) is 0.528. The zero-order valence-corrected chi connectivity index (χ0v) is 18.6. The van der Waals surface area contributed by atoms with E-state index in [1.54, 1.807) is 7.11 Å². The number of sulfonamides is 1. The summed E-state index contributed by atoms with van der Waals surface area (Å²) in [6, 6.07) is 22.3. The maximum Gasteiger partial charge on any atom is 0.243 e. The second-order valence-corrected chi connectivity index (χ2v) is 9.22. The van der Waals surface area contributed by atoms with Gasteiger partial charge in [-0.2, -0.15) is 4.31 Å². The Balaban J connectivity index is 1.77. The normalized spacial score (nSPS) is 11.3. The van der Waals surface area contributed by atoms with Crippen LogP contribution >= 0.6 is 11.6 Å². The number of benzene rings is 3. The molecule has 0 aromatic heterocycles. The molecular formula is C23H23ClN2O4S. The first-order valence-electron chi connectivity index (χ1n) is 9.58. The number of amides is 1. The Morgan fingerprint density at radius 3 is 2.32 bits per heavy atom. The van der Waals surface area contributed by atoms with Gasteiger partial charge in [-0.1, -0.05) is 54.1 Å². The molecule has 0 aliphatic carbocycles. The molecule has 1 N–H and O–H groups in total. The van der Waals surface area contributed by atoms with Crippen molar-refractivity contribution in [2.24, 2.45) is 0 Å². The van der Waals surface area contributed by atoms with Crippen LogP contribution in [0, 0.1) is 0 Å². The minimum atomic E-state index is -3.91. The van der Waals surface area contributed by atoms with E-state index in [9.17, 15) is 13.2 Å². The van der Waals surface area contributed by atoms with E-state index in [0.717, 1.165) is 15.4 Å². The second kappa shape index (κ2) is 10.4. The Kier molecular flexibility index (Phi) is 7.68. The van der Waals surface area contributed by atoms with Crippen molar-refractivity contribution in [1.82, 2.24) is 9.62 Å². The van der Waals surface area contributed by atoms with Crippen LogP contribution < -0.4 is 10.1 Å². The monoisotopic (exact) mass is 458 g/mol. The lowest BCUT2D eigenvalue weighted by Gasteiger charge is -2.22. The molecule has 0 bridgehead atoms. The fraction of sp³-hybridized carbons (Fsp3) is 0.174. The summed E-state index contributed by atoms with van der Waals surface area (Å²) >= 11 is 5.90. The molecular weight excluding hydrogens is 436 g/mol. The van der Waals surface area contributed by atoms with Crippen molar-refractivity contribution in [3.05, 3.63) is 95.0 Å². The zero-order chi connectivity index (χ0) is 22.3. The van der Waals surface area contributed by atoms with Crippen molar-refractivity contribution in [2.75, 3.05) is 13.7 Å². The largest absolute Gasteiger partial charge is 0.497 e. The molecule has 0 unspecified atom stereocenters. The fourth-order valence-electron chi connectivity index (χ4n) is 2.97. The molecule has 0 spiro atoms. The van der Waals surface area contributed by atoms with Gasteiger partial charge in [0.15, 0.2) is 0 Å². The van der Waals surface area contributed by atoms with E-state index in [4.69, 9.17) is 16.3 Å². The number of rotatable bonds is 9. The summed E-state index contributed by atoms with van der Waals surface area (Å²) in [5, 5.41) is 3.21. The summed E-state index contributed by atoms with van der Waals surface area (Å²) in [5.41, 5.74) is 1.63. The van der Waals surface area contributed by atoms with Crippen LogP contribution in [0.2, 0.25) is 5.02 Å². The first kappa shape index (κ1) is 22.8. The predicted molar refractivity (Wildman–Crippen MR) is 120 cm³/mol. The summed E-state index contributed by atoms with van der Waals surface area (Å²) in [7, 11) is -2.34. The van der Waals surface area contributed by atoms with E-state index in [2.05, 4.69) is 5.32 Å². The Morgan fingerprint density at radius 1 is 0.968 bits per heavy atom. The van der Waals surface area contributed by atoms with Crippen LogP contribution in [0.1, 0.15) is 11.1 Å². The third-order valence-electron chi connectivity index (χ3n) is 4.60. The van der Waals surface area contributed by atoms with E-state index >= 15 is 0 Å². The summed E-state index contributed by atoms with van der Waals surface area (Å²) < 4.78 is 32.8. The molecule has 3 aromatic carbocycles. The number of methoxy groups -OCH3 is 1. The Morgan fingerprint density at radius 2 is 1.65 bits per heavy atom. The molecule has 0 aliphatic rings. The highest BCUT2D eigenvalue weighted by atomic mass is 35.5. The summed E-state index contributed by atoms with van der Waals surface area (Å²) in [4.78, 5) is 12.7. The number of carbonyl (C=O) groups is 1. The first-order chi connectivity index (χ1) is 14.9. The van der Waals surface area contributed by atoms with Gasteiger partial charge >= 0.3 is 0 Å². The molecule has 0 aliphatic heterocycles. The smallest absolute Gasteiger partial charge is 0.243 e. The number of ether oxygens (including phenoxy) is 1. The van der Waals surface area contributed by atoms with Gasteiger partial charge in [-0.05, 0) is 47.5 Å². The maximum atomic E-state index is 13.2. The average molecular weight is 459 g/mol. The average Bonchev–Trinajstić information content (AvgIpc) is 2.78. The number of nitrogens with one attached hydrogen (secondary N) is 1. The molecule has 0 saturated carbocycles. The van der Waals surface area contributed by atoms with E-state index in [-0.39, 0.29) is 24.5 Å². The predicted octanol–water partition coefficient (Wildman–Crippen LogP) is 3.86. The first-order valence-corrected chi connectivity index (χ1v) is 11.4. The third kappa shape index (κ3) is 6.30. The van der Waals surface area contributed by atoms with Crippen molar-refractivity contribution in [3.8, 4) is 5.75 Å². The minimum absolute atomic E-state index is 0.0678. The SMILES string of the molecule is COc1cccc(CNC(=O)CN(Cc2ccccc2)S(=O)(=O)c2ccc(Cl)cc2)c1. The Labute approximate surface area is 187 Å². The van der Waals surface area contributed by atoms with Gasteiger partial charge in [0.1, 0.15) is 5.75 Å². The van der Waals surface area contributed by atoms with Crippen molar-refractivity contribution in [1.29, 1.82) is 0 Å². The number of hydrogen-bond acceptors (Lipinski definition) is 4. The van der Waals surface area contributed by atoms with Crippen molar-refractivity contribution < 1.29 is 17.9 Å². The number of halogens is 1. The van der Waals surface area contributed by atoms with Crippen LogP contribution in [0.4, 0.5) is 0 Å². The minimum Gasteiger partial charge on any atom is -0.497 e. The number of carbonyl (C=O) groups excluding carboxylic acids is 1. The van der Waals surface area contributed by atoms with Crippen LogP contribution in [-0.2, 0) is 27.9 Å². The number of hydrogen-bond donors (Lipinski definition) is 1. The van der Waals surface area contributed by atoms with Crippen LogP contribution in [0.25, 0.3) is 0 Å². The standard InChI is InChI=1S/C23H23ClN2O4S/c1-30-21-9-5-8-19(14-21)15-25-23(27)17-26(16-18-6-3-2-4-7-18)31(28,29)22-12-10-20(24)11-13-22/h2-14H,15-17H2,1H3,(H,25,27). The van der Waals surface area contributed by atoms with E-state index in [0.29, 0.717) is 10.8 Å². The molecule has 1 amide bonds. The molecule has 31 heavy (non-hydrogen) atoms. The molecule has 0 saturated heterocycles. The van der Waals surface area contributed by atoms with E-state index < -0.39 is 15.9 Å². The lowest BCUT2D eigenvalue weighted by Crippen LogP contribution is -2.40. The molecule has 0 atom stereocenters. The van der Waals surface area contributed by atoms with Gasteiger partial charge in [0.25, 0.3) is 0 Å². The maximum absolute atomic E-state index is 13.2. The molecule has 0 radical (unpaired) electrons. The second-order valence-electron chi connectivity index (χ2n) is 6.84. The topological polar surface area (TPSA) is 75.7 Å². The fourth-order valence-corrected chi connectivity index (χ4v) is 4.48. The summed E-state index contributed by atoms with van der Waals surface area (Å²) in [6.45, 7) is 0.0123. The van der Waals surface area contributed by atoms with Crippen LogP contribution in [0.15, 0.2) is 83.8 Å². The zero-order valence-electron chi connectivity index (χ0n) is 17.0.